The maximum absolute atomic E-state index is 13.9. The fourth-order valence-corrected chi connectivity index (χ4v) is 2.52. The highest BCUT2D eigenvalue weighted by Crippen LogP contribution is 2.36. The summed E-state index contributed by atoms with van der Waals surface area (Å²) in [5, 5.41) is 10.0. The van der Waals surface area contributed by atoms with Crippen LogP contribution in [-0.4, -0.2) is 44.6 Å². The molecule has 0 saturated heterocycles. The zero-order valence-electron chi connectivity index (χ0n) is 12.3. The highest BCUT2D eigenvalue weighted by Gasteiger charge is 2.34. The first kappa shape index (κ1) is 17.5. The molecule has 7 nitrogen and oxygen atoms in total. The summed E-state index contributed by atoms with van der Waals surface area (Å²) in [6.07, 6.45) is 0. The van der Waals surface area contributed by atoms with Crippen LogP contribution in [0.15, 0.2) is 23.4 Å². The van der Waals surface area contributed by atoms with Gasteiger partial charge in [0.15, 0.2) is 11.6 Å². The quantitative estimate of drug-likeness (QED) is 0.567. The number of carbonyl (C=O) groups excluding carboxylic acids is 2. The molecule has 0 aliphatic carbocycles. The van der Waals surface area contributed by atoms with Crippen molar-refractivity contribution in [2.75, 3.05) is 32.5 Å². The molecule has 1 heterocycles. The highest BCUT2D eigenvalue weighted by atomic mass is 127. The second-order valence-electron chi connectivity index (χ2n) is 4.45. The van der Waals surface area contributed by atoms with Crippen LogP contribution in [0.5, 0.6) is 5.75 Å². The Hall–Kier alpha value is -1.88. The van der Waals surface area contributed by atoms with Gasteiger partial charge in [0, 0.05) is 0 Å². The van der Waals surface area contributed by atoms with E-state index in [1.165, 1.54) is 12.1 Å². The van der Waals surface area contributed by atoms with E-state index in [0.29, 0.717) is 0 Å². The second kappa shape index (κ2) is 7.13. The van der Waals surface area contributed by atoms with Crippen molar-refractivity contribution in [3.8, 4) is 5.75 Å². The molecule has 0 bridgehead atoms. The zero-order chi connectivity index (χ0) is 17.1. The van der Waals surface area contributed by atoms with Crippen molar-refractivity contribution in [3.63, 3.8) is 0 Å². The van der Waals surface area contributed by atoms with Crippen molar-refractivity contribution >= 4 is 40.2 Å². The summed E-state index contributed by atoms with van der Waals surface area (Å²) in [6.45, 7) is -0.334. The van der Waals surface area contributed by atoms with Gasteiger partial charge < -0.3 is 24.2 Å². The van der Waals surface area contributed by atoms with Crippen molar-refractivity contribution in [1.82, 2.24) is 0 Å². The fourth-order valence-electron chi connectivity index (χ4n) is 2.08. The molecular weight excluding hydrogens is 424 g/mol. The van der Waals surface area contributed by atoms with E-state index in [1.807, 2.05) is 0 Å². The molecule has 0 amide bonds. The zero-order valence-corrected chi connectivity index (χ0v) is 14.4. The lowest BCUT2D eigenvalue weighted by atomic mass is 10.1. The topological polar surface area (TPSA) is 85.3 Å². The molecule has 1 aromatic rings. The molecule has 0 spiro atoms. The number of halogens is 2. The lowest BCUT2D eigenvalue weighted by Crippen LogP contribution is -2.38. The Labute approximate surface area is 144 Å². The molecule has 1 aliphatic heterocycles. The maximum atomic E-state index is 13.9. The Morgan fingerprint density at radius 1 is 1.30 bits per heavy atom. The first-order valence-corrected chi connectivity index (χ1v) is 7.42. The minimum Gasteiger partial charge on any atom is -0.503 e. The lowest BCUT2D eigenvalue weighted by Gasteiger charge is -2.31. The second-order valence-corrected chi connectivity index (χ2v) is 5.61. The first-order chi connectivity index (χ1) is 10.9. The Morgan fingerprint density at radius 3 is 2.57 bits per heavy atom. The van der Waals surface area contributed by atoms with Gasteiger partial charge in [-0.25, -0.2) is 14.0 Å². The number of aromatic hydroxyl groups is 1. The number of benzene rings is 1. The van der Waals surface area contributed by atoms with Crippen LogP contribution >= 0.6 is 22.6 Å². The lowest BCUT2D eigenvalue weighted by molar-refractivity contribution is -0.140. The predicted octanol–water partition coefficient (Wildman–Crippen LogP) is 1.53. The third kappa shape index (κ3) is 3.24. The van der Waals surface area contributed by atoms with Gasteiger partial charge in [-0.1, -0.05) is 0 Å². The summed E-state index contributed by atoms with van der Waals surface area (Å²) in [7, 11) is 2.30. The molecule has 0 unspecified atom stereocenters. The van der Waals surface area contributed by atoms with Crippen molar-refractivity contribution < 1.29 is 33.3 Å². The number of carbonyl (C=O) groups is 2. The number of hydrogen-bond acceptors (Lipinski definition) is 7. The van der Waals surface area contributed by atoms with Crippen molar-refractivity contribution in [2.24, 2.45) is 0 Å². The first-order valence-electron chi connectivity index (χ1n) is 6.34. The molecule has 0 radical (unpaired) electrons. The highest BCUT2D eigenvalue weighted by molar-refractivity contribution is 14.1. The van der Waals surface area contributed by atoms with Crippen molar-refractivity contribution in [1.29, 1.82) is 0 Å². The number of anilines is 1. The maximum Gasteiger partial charge on any atom is 0.355 e. The van der Waals surface area contributed by atoms with Gasteiger partial charge in [0.05, 0.1) is 35.7 Å². The predicted molar refractivity (Wildman–Crippen MR) is 85.1 cm³/mol. The molecule has 2 rings (SSSR count). The van der Waals surface area contributed by atoms with E-state index in [1.54, 1.807) is 22.6 Å². The molecular formula is C14H13FINO6. The number of nitrogens with zero attached hydrogens (tertiary/aromatic N) is 1. The number of hydrogen-bond donors (Lipinski definition) is 1. The average Bonchev–Trinajstić information content (AvgIpc) is 2.57. The monoisotopic (exact) mass is 437 g/mol. The number of phenolic OH excluding ortho intramolecular Hbond substituents is 1. The summed E-state index contributed by atoms with van der Waals surface area (Å²) >= 11 is 1.72. The van der Waals surface area contributed by atoms with E-state index >= 15 is 0 Å². The third-order valence-corrected chi connectivity index (χ3v) is 4.00. The largest absolute Gasteiger partial charge is 0.503 e. The van der Waals surface area contributed by atoms with Crippen LogP contribution in [0, 0.1) is 9.39 Å². The number of methoxy groups -OCH3 is 2. The fraction of sp³-hybridized carbons (Fsp3) is 0.286. The van der Waals surface area contributed by atoms with Gasteiger partial charge in [-0.15, -0.1) is 0 Å². The standard InChI is InChI=1S/C14H13FINO6/c1-21-13(19)7-5-23-6-17(11(7)14(20)22-2)9-4-3-8(16)10(15)12(9)18/h3-4,18H,5-6H2,1-2H3. The van der Waals surface area contributed by atoms with E-state index in [-0.39, 0.29) is 33.9 Å². The molecule has 9 heteroatoms. The molecule has 1 aliphatic rings. The normalized spacial score (nSPS) is 14.7. The Bertz CT molecular complexity index is 690. The summed E-state index contributed by atoms with van der Waals surface area (Å²) in [6, 6.07) is 2.83. The summed E-state index contributed by atoms with van der Waals surface area (Å²) in [5.41, 5.74) is -0.269. The van der Waals surface area contributed by atoms with Gasteiger partial charge in [0.25, 0.3) is 0 Å². The number of esters is 2. The Morgan fingerprint density at radius 2 is 1.96 bits per heavy atom. The Kier molecular flexibility index (Phi) is 5.42. The van der Waals surface area contributed by atoms with Crippen molar-refractivity contribution in [2.45, 2.75) is 0 Å². The van der Waals surface area contributed by atoms with Crippen LogP contribution < -0.4 is 4.90 Å². The van der Waals surface area contributed by atoms with E-state index in [0.717, 1.165) is 19.1 Å². The average molecular weight is 437 g/mol. The Balaban J connectivity index is 2.62. The molecule has 1 aromatic carbocycles. The van der Waals surface area contributed by atoms with E-state index in [2.05, 4.69) is 9.47 Å². The van der Waals surface area contributed by atoms with Gasteiger partial charge in [-0.05, 0) is 34.7 Å². The third-order valence-electron chi connectivity index (χ3n) is 3.17. The molecule has 23 heavy (non-hydrogen) atoms. The molecule has 0 aromatic heterocycles. The van der Waals surface area contributed by atoms with Crippen LogP contribution in [0.25, 0.3) is 0 Å². The molecule has 0 saturated carbocycles. The number of rotatable bonds is 3. The van der Waals surface area contributed by atoms with Gasteiger partial charge >= 0.3 is 11.9 Å². The SMILES string of the molecule is COC(=O)C1=C(C(=O)OC)N(c2ccc(I)c(F)c2O)COC1. The number of phenols is 1. The summed E-state index contributed by atoms with van der Waals surface area (Å²) < 4.78 is 28.7. The van der Waals surface area contributed by atoms with Crippen molar-refractivity contribution in [3.05, 3.63) is 32.8 Å². The van der Waals surface area contributed by atoms with Crippen LogP contribution in [0.4, 0.5) is 10.1 Å². The van der Waals surface area contributed by atoms with Crippen LogP contribution in [0.3, 0.4) is 0 Å². The molecule has 124 valence electrons. The molecule has 0 atom stereocenters. The van der Waals surface area contributed by atoms with Gasteiger partial charge in [-0.2, -0.15) is 0 Å². The van der Waals surface area contributed by atoms with Crippen LogP contribution in [0.2, 0.25) is 0 Å². The van der Waals surface area contributed by atoms with Gasteiger partial charge in [0.2, 0.25) is 0 Å². The minimum atomic E-state index is -0.836. The van der Waals surface area contributed by atoms with Crippen LogP contribution in [0.1, 0.15) is 0 Å². The van der Waals surface area contributed by atoms with Gasteiger partial charge in [0.1, 0.15) is 12.4 Å². The smallest absolute Gasteiger partial charge is 0.355 e. The van der Waals surface area contributed by atoms with Crippen LogP contribution in [-0.2, 0) is 23.8 Å². The molecule has 0 fully saturated rings. The number of ether oxygens (including phenoxy) is 3. The summed E-state index contributed by atoms with van der Waals surface area (Å²) in [4.78, 5) is 25.1. The minimum absolute atomic E-state index is 0.0237. The molecule has 1 N–H and O–H groups in total. The summed E-state index contributed by atoms with van der Waals surface area (Å²) in [5.74, 6) is -3.10. The van der Waals surface area contributed by atoms with E-state index in [4.69, 9.17) is 4.74 Å². The van der Waals surface area contributed by atoms with E-state index < -0.39 is 23.5 Å². The van der Waals surface area contributed by atoms with Gasteiger partial charge in [-0.3, -0.25) is 0 Å². The van der Waals surface area contributed by atoms with E-state index in [9.17, 15) is 19.1 Å².